The molecule has 1 unspecified atom stereocenters. The monoisotopic (exact) mass is 314 g/mol. The molecule has 0 radical (unpaired) electrons. The van der Waals surface area contributed by atoms with E-state index in [1.54, 1.807) is 6.07 Å². The minimum atomic E-state index is -0.162. The lowest BCUT2D eigenvalue weighted by Gasteiger charge is -2.16. The fourth-order valence-electron chi connectivity index (χ4n) is 3.57. The lowest BCUT2D eigenvalue weighted by Crippen LogP contribution is -2.00. The SMILES string of the molecule is CC1=CC2=C(C=CC=CC2c2ccc(-c3ccccc3)c(F)c2)C1. The first-order chi connectivity index (χ1) is 11.7. The molecule has 118 valence electrons. The molecule has 0 spiro atoms. The van der Waals surface area contributed by atoms with Crippen LogP contribution in [0, 0.1) is 5.82 Å². The third kappa shape index (κ3) is 2.67. The number of halogens is 1. The third-order valence-corrected chi connectivity index (χ3v) is 4.73. The molecule has 0 N–H and O–H groups in total. The van der Waals surface area contributed by atoms with Gasteiger partial charge in [0, 0.05) is 11.5 Å². The second-order valence-electron chi connectivity index (χ2n) is 6.48. The average Bonchev–Trinajstić information content (AvgIpc) is 2.85. The van der Waals surface area contributed by atoms with Crippen molar-refractivity contribution in [3.63, 3.8) is 0 Å². The highest BCUT2D eigenvalue weighted by Crippen LogP contribution is 2.39. The molecule has 4 rings (SSSR count). The largest absolute Gasteiger partial charge is 0.206 e. The van der Waals surface area contributed by atoms with Crippen LogP contribution in [0.4, 0.5) is 4.39 Å². The fourth-order valence-corrected chi connectivity index (χ4v) is 3.57. The Balaban J connectivity index is 1.75. The van der Waals surface area contributed by atoms with E-state index in [9.17, 15) is 4.39 Å². The van der Waals surface area contributed by atoms with Gasteiger partial charge in [0.15, 0.2) is 0 Å². The highest BCUT2D eigenvalue weighted by molar-refractivity contribution is 5.65. The summed E-state index contributed by atoms with van der Waals surface area (Å²) in [5.74, 6) is -0.0445. The van der Waals surface area contributed by atoms with Gasteiger partial charge in [-0.1, -0.05) is 78.4 Å². The first-order valence-electron chi connectivity index (χ1n) is 8.32. The number of hydrogen-bond acceptors (Lipinski definition) is 0. The van der Waals surface area contributed by atoms with Gasteiger partial charge in [0.2, 0.25) is 0 Å². The molecule has 0 aliphatic heterocycles. The maximum Gasteiger partial charge on any atom is 0.131 e. The van der Waals surface area contributed by atoms with E-state index in [1.165, 1.54) is 16.7 Å². The van der Waals surface area contributed by atoms with Crippen LogP contribution in [0.25, 0.3) is 11.1 Å². The van der Waals surface area contributed by atoms with Gasteiger partial charge in [-0.15, -0.1) is 0 Å². The van der Waals surface area contributed by atoms with Gasteiger partial charge in [0.1, 0.15) is 5.82 Å². The molecule has 0 aromatic heterocycles. The lowest BCUT2D eigenvalue weighted by atomic mass is 9.88. The van der Waals surface area contributed by atoms with E-state index >= 15 is 0 Å². The van der Waals surface area contributed by atoms with Crippen molar-refractivity contribution in [1.82, 2.24) is 0 Å². The van der Waals surface area contributed by atoms with E-state index < -0.39 is 0 Å². The lowest BCUT2D eigenvalue weighted by molar-refractivity contribution is 0.628. The predicted octanol–water partition coefficient (Wildman–Crippen LogP) is 6.35. The summed E-state index contributed by atoms with van der Waals surface area (Å²) in [5, 5.41) is 0. The summed E-state index contributed by atoms with van der Waals surface area (Å²) < 4.78 is 14.7. The zero-order valence-electron chi connectivity index (χ0n) is 13.7. The normalized spacial score (nSPS) is 19.2. The molecule has 0 nitrogen and oxygen atoms in total. The number of rotatable bonds is 2. The maximum atomic E-state index is 14.7. The van der Waals surface area contributed by atoms with E-state index in [-0.39, 0.29) is 11.7 Å². The van der Waals surface area contributed by atoms with Crippen LogP contribution in [0.15, 0.2) is 95.6 Å². The van der Waals surface area contributed by atoms with Crippen LogP contribution in [-0.4, -0.2) is 0 Å². The summed E-state index contributed by atoms with van der Waals surface area (Å²) >= 11 is 0. The molecule has 2 aliphatic carbocycles. The maximum absolute atomic E-state index is 14.7. The van der Waals surface area contributed by atoms with Crippen molar-refractivity contribution in [2.24, 2.45) is 0 Å². The van der Waals surface area contributed by atoms with Crippen LogP contribution < -0.4 is 0 Å². The zero-order valence-corrected chi connectivity index (χ0v) is 13.7. The Morgan fingerprint density at radius 3 is 2.62 bits per heavy atom. The second kappa shape index (κ2) is 6.09. The molecule has 2 aromatic rings. The molecule has 0 amide bonds. The average molecular weight is 314 g/mol. The van der Waals surface area contributed by atoms with Gasteiger partial charge in [0.25, 0.3) is 0 Å². The minimum absolute atomic E-state index is 0.117. The van der Waals surface area contributed by atoms with Crippen molar-refractivity contribution in [3.8, 4) is 11.1 Å². The van der Waals surface area contributed by atoms with Gasteiger partial charge in [-0.25, -0.2) is 4.39 Å². The first-order valence-corrected chi connectivity index (χ1v) is 8.32. The Morgan fingerprint density at radius 2 is 1.83 bits per heavy atom. The number of benzene rings is 2. The molecule has 24 heavy (non-hydrogen) atoms. The van der Waals surface area contributed by atoms with E-state index in [0.717, 1.165) is 17.5 Å². The molecular formula is C23H19F. The van der Waals surface area contributed by atoms with Crippen molar-refractivity contribution in [3.05, 3.63) is 107 Å². The van der Waals surface area contributed by atoms with Crippen molar-refractivity contribution < 1.29 is 4.39 Å². The van der Waals surface area contributed by atoms with E-state index in [1.807, 2.05) is 36.4 Å². The Morgan fingerprint density at radius 1 is 1.00 bits per heavy atom. The fraction of sp³-hybridized carbons (Fsp3) is 0.130. The van der Waals surface area contributed by atoms with Gasteiger partial charge in [0.05, 0.1) is 0 Å². The van der Waals surface area contributed by atoms with E-state index in [2.05, 4.69) is 43.4 Å². The number of allylic oxidation sites excluding steroid dienone is 8. The van der Waals surface area contributed by atoms with Gasteiger partial charge >= 0.3 is 0 Å². The standard InChI is InChI=1S/C23H19F/c1-16-13-18-9-5-6-10-20(22(18)14-16)19-11-12-21(23(24)15-19)17-7-3-2-4-8-17/h2-12,14-15,20H,13H2,1H3. The van der Waals surface area contributed by atoms with Crippen LogP contribution in [0.1, 0.15) is 24.8 Å². The minimum Gasteiger partial charge on any atom is -0.206 e. The third-order valence-electron chi connectivity index (χ3n) is 4.73. The highest BCUT2D eigenvalue weighted by atomic mass is 19.1. The quantitative estimate of drug-likeness (QED) is 0.606. The van der Waals surface area contributed by atoms with Crippen LogP contribution in [-0.2, 0) is 0 Å². The van der Waals surface area contributed by atoms with Crippen LogP contribution in [0.2, 0.25) is 0 Å². The molecule has 0 saturated carbocycles. The zero-order chi connectivity index (χ0) is 16.5. The van der Waals surface area contributed by atoms with E-state index in [4.69, 9.17) is 0 Å². The molecule has 2 aliphatic rings. The highest BCUT2D eigenvalue weighted by Gasteiger charge is 2.22. The Labute approximate surface area is 142 Å². The van der Waals surface area contributed by atoms with Gasteiger partial charge in [-0.05, 0) is 41.7 Å². The summed E-state index contributed by atoms with van der Waals surface area (Å²) in [4.78, 5) is 0. The smallest absolute Gasteiger partial charge is 0.131 e. The molecule has 0 heterocycles. The van der Waals surface area contributed by atoms with Crippen LogP contribution in [0.3, 0.4) is 0 Å². The Kier molecular flexibility index (Phi) is 3.78. The van der Waals surface area contributed by atoms with Crippen molar-refractivity contribution in [2.75, 3.05) is 0 Å². The molecule has 2 aromatic carbocycles. The first kappa shape index (κ1) is 14.9. The Bertz CT molecular complexity index is 895. The summed E-state index contributed by atoms with van der Waals surface area (Å²) in [6, 6.07) is 15.3. The topological polar surface area (TPSA) is 0 Å². The second-order valence-corrected chi connectivity index (χ2v) is 6.48. The number of hydrogen-bond donors (Lipinski definition) is 0. The summed E-state index contributed by atoms with van der Waals surface area (Å²) in [6.07, 6.45) is 11.7. The summed E-state index contributed by atoms with van der Waals surface area (Å²) in [6.45, 7) is 2.16. The van der Waals surface area contributed by atoms with Crippen molar-refractivity contribution in [1.29, 1.82) is 0 Å². The summed E-state index contributed by atoms with van der Waals surface area (Å²) in [7, 11) is 0. The molecular weight excluding hydrogens is 295 g/mol. The molecule has 0 fully saturated rings. The van der Waals surface area contributed by atoms with Gasteiger partial charge in [-0.2, -0.15) is 0 Å². The van der Waals surface area contributed by atoms with Gasteiger partial charge in [-0.3, -0.25) is 0 Å². The van der Waals surface area contributed by atoms with Crippen molar-refractivity contribution >= 4 is 0 Å². The van der Waals surface area contributed by atoms with Gasteiger partial charge < -0.3 is 0 Å². The molecule has 1 heteroatoms. The molecule has 0 saturated heterocycles. The van der Waals surface area contributed by atoms with Crippen LogP contribution in [0.5, 0.6) is 0 Å². The predicted molar refractivity (Wildman–Crippen MR) is 98.3 cm³/mol. The van der Waals surface area contributed by atoms with E-state index in [0.29, 0.717) is 5.56 Å². The summed E-state index contributed by atoms with van der Waals surface area (Å²) in [5.41, 5.74) is 6.58. The van der Waals surface area contributed by atoms with Crippen molar-refractivity contribution in [2.45, 2.75) is 19.3 Å². The molecule has 0 bridgehead atoms. The Hall–Kier alpha value is -2.67. The van der Waals surface area contributed by atoms with Crippen LogP contribution >= 0.6 is 0 Å². The molecule has 1 atom stereocenters.